The maximum absolute atomic E-state index is 12.9. The maximum atomic E-state index is 12.9. The summed E-state index contributed by atoms with van der Waals surface area (Å²) in [7, 11) is 0. The summed E-state index contributed by atoms with van der Waals surface area (Å²) < 4.78 is 16.9. The first-order chi connectivity index (χ1) is 35.5. The molecule has 0 aromatic heterocycles. The van der Waals surface area contributed by atoms with Crippen molar-refractivity contribution >= 4 is 17.9 Å². The van der Waals surface area contributed by atoms with Crippen LogP contribution in [0, 0.1) is 0 Å². The monoisotopic (exact) mass is 1010 g/mol. The van der Waals surface area contributed by atoms with Gasteiger partial charge in [-0.15, -0.1) is 0 Å². The zero-order valence-electron chi connectivity index (χ0n) is 48.5. The molecule has 0 aromatic rings. The van der Waals surface area contributed by atoms with E-state index in [2.05, 4.69) is 57.2 Å². The van der Waals surface area contributed by atoms with Crippen molar-refractivity contribution in [2.24, 2.45) is 0 Å². The molecule has 0 N–H and O–H groups in total. The minimum Gasteiger partial charge on any atom is -0.462 e. The first kappa shape index (κ1) is 69.6. The summed E-state index contributed by atoms with van der Waals surface area (Å²) in [5, 5.41) is 0. The highest BCUT2D eigenvalue weighted by molar-refractivity contribution is 5.71. The third-order valence-electron chi connectivity index (χ3n) is 14.4. The summed E-state index contributed by atoms with van der Waals surface area (Å²) in [6.07, 6.45) is 74.3. The summed E-state index contributed by atoms with van der Waals surface area (Å²) in [6, 6.07) is 0. The SMILES string of the molecule is CCCCC/C=C\C/C=C\CCCCCCCC(=O)OCC(COC(=O)CCCCCCCCCCCCC/C=C\CCCCCCCCCC)OC(=O)CCCCCCCCCCCCCCCCCC. The average molecular weight is 1010 g/mol. The smallest absolute Gasteiger partial charge is 0.306 e. The van der Waals surface area contributed by atoms with Gasteiger partial charge in [-0.2, -0.15) is 0 Å². The van der Waals surface area contributed by atoms with Gasteiger partial charge in [-0.05, 0) is 77.0 Å². The molecule has 6 nitrogen and oxygen atoms in total. The number of carbonyl (C=O) groups excluding carboxylic acids is 3. The minimum atomic E-state index is -0.776. The summed E-state index contributed by atoms with van der Waals surface area (Å²) in [5.74, 6) is -0.865. The fourth-order valence-electron chi connectivity index (χ4n) is 9.53. The minimum absolute atomic E-state index is 0.0729. The fraction of sp³-hybridized carbons (Fsp3) is 0.864. The van der Waals surface area contributed by atoms with Gasteiger partial charge in [0, 0.05) is 19.3 Å². The second kappa shape index (κ2) is 61.2. The molecule has 422 valence electrons. The molecule has 0 bridgehead atoms. The Morgan fingerprint density at radius 2 is 0.500 bits per heavy atom. The van der Waals surface area contributed by atoms with E-state index in [9.17, 15) is 14.4 Å². The predicted octanol–water partition coefficient (Wildman–Crippen LogP) is 21.6. The molecule has 0 saturated carbocycles. The van der Waals surface area contributed by atoms with Crippen molar-refractivity contribution in [3.8, 4) is 0 Å². The van der Waals surface area contributed by atoms with Gasteiger partial charge in [0.1, 0.15) is 13.2 Å². The van der Waals surface area contributed by atoms with Gasteiger partial charge in [0.25, 0.3) is 0 Å². The van der Waals surface area contributed by atoms with Crippen molar-refractivity contribution < 1.29 is 28.6 Å². The van der Waals surface area contributed by atoms with E-state index in [1.54, 1.807) is 0 Å². The number of carbonyl (C=O) groups is 3. The van der Waals surface area contributed by atoms with Crippen molar-refractivity contribution in [1.29, 1.82) is 0 Å². The van der Waals surface area contributed by atoms with Crippen molar-refractivity contribution in [2.75, 3.05) is 13.2 Å². The van der Waals surface area contributed by atoms with Crippen LogP contribution in [-0.2, 0) is 28.6 Å². The quantitative estimate of drug-likeness (QED) is 0.0261. The molecule has 0 aliphatic heterocycles. The Kier molecular flexibility index (Phi) is 59.2. The lowest BCUT2D eigenvalue weighted by Gasteiger charge is -2.18. The first-order valence-electron chi connectivity index (χ1n) is 32.0. The van der Waals surface area contributed by atoms with Crippen LogP contribution in [0.3, 0.4) is 0 Å². The summed E-state index contributed by atoms with van der Waals surface area (Å²) in [5.41, 5.74) is 0. The molecule has 0 saturated heterocycles. The van der Waals surface area contributed by atoms with Crippen LogP contribution >= 0.6 is 0 Å². The van der Waals surface area contributed by atoms with Gasteiger partial charge in [0.05, 0.1) is 0 Å². The summed E-state index contributed by atoms with van der Waals surface area (Å²) >= 11 is 0. The molecule has 0 radical (unpaired) electrons. The zero-order chi connectivity index (χ0) is 52.2. The number of esters is 3. The normalized spacial score (nSPS) is 12.2. The molecular formula is C66H122O6. The second-order valence-corrected chi connectivity index (χ2v) is 21.7. The molecule has 0 fully saturated rings. The van der Waals surface area contributed by atoms with Crippen molar-refractivity contribution in [3.63, 3.8) is 0 Å². The Bertz CT molecular complexity index is 1210. The van der Waals surface area contributed by atoms with Gasteiger partial charge in [-0.3, -0.25) is 14.4 Å². The standard InChI is InChI=1S/C66H122O6/c1-4-7-10-13-16-19-22-25-28-30-31-32-33-34-35-36-39-41-44-47-50-53-56-59-65(68)71-62-63(61-70-64(67)58-55-52-49-46-43-40-37-27-24-21-18-15-12-9-6-3)72-66(69)60-57-54-51-48-45-42-38-29-26-23-20-17-14-11-8-5-2/h18,21,27,30-31,37,63H,4-17,19-20,22-26,28-29,32-36,38-62H2,1-3H3/b21-18-,31-30-,37-27-. The van der Waals surface area contributed by atoms with Gasteiger partial charge in [-0.1, -0.05) is 288 Å². The van der Waals surface area contributed by atoms with E-state index in [1.807, 2.05) is 0 Å². The van der Waals surface area contributed by atoms with Crippen molar-refractivity contribution in [1.82, 2.24) is 0 Å². The average Bonchev–Trinajstić information content (AvgIpc) is 3.38. The Balaban J connectivity index is 4.29. The lowest BCUT2D eigenvalue weighted by Crippen LogP contribution is -2.30. The molecule has 0 spiro atoms. The summed E-state index contributed by atoms with van der Waals surface area (Å²) in [6.45, 7) is 6.66. The molecule has 72 heavy (non-hydrogen) atoms. The highest BCUT2D eigenvalue weighted by Gasteiger charge is 2.19. The molecule has 1 unspecified atom stereocenters. The lowest BCUT2D eigenvalue weighted by molar-refractivity contribution is -0.167. The number of hydrogen-bond donors (Lipinski definition) is 0. The number of ether oxygens (including phenoxy) is 3. The molecule has 0 heterocycles. The molecular weight excluding hydrogens is 889 g/mol. The third-order valence-corrected chi connectivity index (χ3v) is 14.4. The lowest BCUT2D eigenvalue weighted by atomic mass is 10.0. The van der Waals surface area contributed by atoms with Crippen molar-refractivity contribution in [2.45, 2.75) is 354 Å². The van der Waals surface area contributed by atoms with Crippen LogP contribution in [-0.4, -0.2) is 37.2 Å². The molecule has 6 heteroatoms. The van der Waals surface area contributed by atoms with E-state index in [4.69, 9.17) is 14.2 Å². The Labute approximate surface area is 448 Å². The first-order valence-corrected chi connectivity index (χ1v) is 32.0. The Hall–Kier alpha value is -2.37. The Morgan fingerprint density at radius 1 is 0.278 bits per heavy atom. The van der Waals surface area contributed by atoms with E-state index in [1.165, 1.54) is 231 Å². The van der Waals surface area contributed by atoms with Gasteiger partial charge < -0.3 is 14.2 Å². The molecule has 1 atom stereocenters. The van der Waals surface area contributed by atoms with Crippen LogP contribution in [0.25, 0.3) is 0 Å². The van der Waals surface area contributed by atoms with E-state index in [-0.39, 0.29) is 31.1 Å². The van der Waals surface area contributed by atoms with Crippen LogP contribution in [0.5, 0.6) is 0 Å². The second-order valence-electron chi connectivity index (χ2n) is 21.7. The highest BCUT2D eigenvalue weighted by atomic mass is 16.6. The fourth-order valence-corrected chi connectivity index (χ4v) is 9.53. The molecule has 0 amide bonds. The van der Waals surface area contributed by atoms with E-state index in [0.717, 1.165) is 77.0 Å². The van der Waals surface area contributed by atoms with Gasteiger partial charge in [-0.25, -0.2) is 0 Å². The highest BCUT2D eigenvalue weighted by Crippen LogP contribution is 2.17. The zero-order valence-corrected chi connectivity index (χ0v) is 48.5. The number of unbranched alkanes of at least 4 members (excludes halogenated alkanes) is 42. The van der Waals surface area contributed by atoms with Gasteiger partial charge >= 0.3 is 17.9 Å². The molecule has 0 aromatic carbocycles. The number of allylic oxidation sites excluding steroid dienone is 6. The third kappa shape index (κ3) is 58.5. The van der Waals surface area contributed by atoms with E-state index in [0.29, 0.717) is 19.3 Å². The molecule has 0 aliphatic rings. The molecule has 0 rings (SSSR count). The van der Waals surface area contributed by atoms with E-state index >= 15 is 0 Å². The van der Waals surface area contributed by atoms with Gasteiger partial charge in [0.2, 0.25) is 0 Å². The topological polar surface area (TPSA) is 78.9 Å². The molecule has 0 aliphatic carbocycles. The van der Waals surface area contributed by atoms with Crippen LogP contribution in [0.15, 0.2) is 36.5 Å². The van der Waals surface area contributed by atoms with Crippen LogP contribution in [0.2, 0.25) is 0 Å². The summed E-state index contributed by atoms with van der Waals surface area (Å²) in [4.78, 5) is 38.3. The van der Waals surface area contributed by atoms with Crippen molar-refractivity contribution in [3.05, 3.63) is 36.5 Å². The predicted molar refractivity (Wildman–Crippen MR) is 312 cm³/mol. The maximum Gasteiger partial charge on any atom is 0.306 e. The number of rotatable bonds is 59. The van der Waals surface area contributed by atoms with Crippen LogP contribution < -0.4 is 0 Å². The van der Waals surface area contributed by atoms with Crippen LogP contribution in [0.4, 0.5) is 0 Å². The Morgan fingerprint density at radius 3 is 0.806 bits per heavy atom. The number of hydrogen-bond acceptors (Lipinski definition) is 6. The van der Waals surface area contributed by atoms with Gasteiger partial charge in [0.15, 0.2) is 6.10 Å². The van der Waals surface area contributed by atoms with E-state index < -0.39 is 6.10 Å². The van der Waals surface area contributed by atoms with Crippen LogP contribution in [0.1, 0.15) is 348 Å². The largest absolute Gasteiger partial charge is 0.462 e.